The predicted octanol–water partition coefficient (Wildman–Crippen LogP) is 2.83. The topological polar surface area (TPSA) is 51.0 Å². The molecule has 1 aromatic heterocycles. The molecule has 2 aromatic rings. The Balaban J connectivity index is 1.57. The molecule has 25 heavy (non-hydrogen) atoms. The molecule has 1 aromatic carbocycles. The molecule has 2 aliphatic rings. The van der Waals surface area contributed by atoms with Crippen LogP contribution in [0.2, 0.25) is 0 Å². The van der Waals surface area contributed by atoms with E-state index < -0.39 is 0 Å². The smallest absolute Gasteiger partial charge is 0.222 e. The summed E-state index contributed by atoms with van der Waals surface area (Å²) in [5.74, 6) is 2.23. The van der Waals surface area contributed by atoms with Crippen molar-refractivity contribution >= 4 is 5.91 Å². The molecule has 0 fully saturated rings. The van der Waals surface area contributed by atoms with Crippen molar-refractivity contribution in [2.45, 2.75) is 71.5 Å². The third kappa shape index (κ3) is 3.08. The molecule has 132 valence electrons. The quantitative estimate of drug-likeness (QED) is 0.861. The minimum Gasteiger partial charge on any atom is -0.334 e. The Bertz CT molecular complexity index is 795. The summed E-state index contributed by atoms with van der Waals surface area (Å²) in [6.45, 7) is 5.47. The molecular formula is C20H26N4O. The second-order valence-corrected chi connectivity index (χ2v) is 7.30. The number of fused-ring (bicyclic) bond motifs is 2. The number of aryl methyl sites for hydroxylation is 4. The van der Waals surface area contributed by atoms with Crippen molar-refractivity contribution in [3.8, 4) is 0 Å². The van der Waals surface area contributed by atoms with Gasteiger partial charge >= 0.3 is 0 Å². The Hall–Kier alpha value is -2.17. The first-order chi connectivity index (χ1) is 12.2. The lowest BCUT2D eigenvalue weighted by molar-refractivity contribution is -0.134. The lowest BCUT2D eigenvalue weighted by Crippen LogP contribution is -2.44. The number of hydrogen-bond donors (Lipinski definition) is 0. The van der Waals surface area contributed by atoms with Gasteiger partial charge < -0.3 is 9.47 Å². The highest BCUT2D eigenvalue weighted by molar-refractivity contribution is 5.76. The highest BCUT2D eigenvalue weighted by atomic mass is 16.2. The van der Waals surface area contributed by atoms with Gasteiger partial charge in [0.25, 0.3) is 0 Å². The summed E-state index contributed by atoms with van der Waals surface area (Å²) in [7, 11) is 0. The summed E-state index contributed by atoms with van der Waals surface area (Å²) < 4.78 is 2.17. The van der Waals surface area contributed by atoms with Crippen molar-refractivity contribution in [1.82, 2.24) is 19.7 Å². The van der Waals surface area contributed by atoms with Gasteiger partial charge in [0.15, 0.2) is 0 Å². The number of rotatable bonds is 4. The molecule has 0 bridgehead atoms. The lowest BCUT2D eigenvalue weighted by atomic mass is 10.0. The van der Waals surface area contributed by atoms with Crippen molar-refractivity contribution in [1.29, 1.82) is 0 Å². The Morgan fingerprint density at radius 2 is 2.08 bits per heavy atom. The average Bonchev–Trinajstić information content (AvgIpc) is 3.25. The predicted molar refractivity (Wildman–Crippen MR) is 96.2 cm³/mol. The van der Waals surface area contributed by atoms with E-state index in [1.165, 1.54) is 36.0 Å². The van der Waals surface area contributed by atoms with Crippen molar-refractivity contribution in [3.63, 3.8) is 0 Å². The summed E-state index contributed by atoms with van der Waals surface area (Å²) in [5, 5.41) is 8.44. The van der Waals surface area contributed by atoms with E-state index in [4.69, 9.17) is 0 Å². The van der Waals surface area contributed by atoms with Gasteiger partial charge in [0.1, 0.15) is 11.6 Å². The number of carbonyl (C=O) groups is 1. The summed E-state index contributed by atoms with van der Waals surface area (Å²) in [6.07, 6.45) is 6.05. The second kappa shape index (κ2) is 6.62. The molecule has 0 saturated carbocycles. The van der Waals surface area contributed by atoms with Crippen molar-refractivity contribution in [3.05, 3.63) is 46.5 Å². The largest absolute Gasteiger partial charge is 0.334 e. The van der Waals surface area contributed by atoms with Crippen LogP contribution in [0, 0.1) is 6.92 Å². The minimum atomic E-state index is 0.225. The van der Waals surface area contributed by atoms with Crippen LogP contribution in [0.15, 0.2) is 18.2 Å². The zero-order valence-electron chi connectivity index (χ0n) is 15.2. The molecule has 0 N–H and O–H groups in total. The molecule has 0 spiro atoms. The van der Waals surface area contributed by atoms with E-state index in [1.807, 2.05) is 13.8 Å². The van der Waals surface area contributed by atoms with Crippen LogP contribution in [0.3, 0.4) is 0 Å². The SMILES string of the molecule is CCC(=O)N(Cc1ccc2c(c1)CCC2)C1CCc2nnc(C)n2C1. The molecule has 1 aliphatic heterocycles. The zero-order valence-corrected chi connectivity index (χ0v) is 15.2. The fourth-order valence-corrected chi connectivity index (χ4v) is 4.24. The van der Waals surface area contributed by atoms with Crippen LogP contribution in [0.5, 0.6) is 0 Å². The van der Waals surface area contributed by atoms with Gasteiger partial charge in [0.05, 0.1) is 6.04 Å². The third-order valence-corrected chi connectivity index (χ3v) is 5.69. The first-order valence-electron chi connectivity index (χ1n) is 9.44. The molecule has 1 aliphatic carbocycles. The molecule has 4 rings (SSSR count). The molecule has 2 heterocycles. The molecule has 0 saturated heterocycles. The molecule has 0 radical (unpaired) electrons. The third-order valence-electron chi connectivity index (χ3n) is 5.69. The molecule has 5 heteroatoms. The summed E-state index contributed by atoms with van der Waals surface area (Å²) >= 11 is 0. The van der Waals surface area contributed by atoms with Gasteiger partial charge in [-0.1, -0.05) is 25.1 Å². The minimum absolute atomic E-state index is 0.225. The normalized spacial score (nSPS) is 18.7. The Labute approximate surface area is 149 Å². The Kier molecular flexibility index (Phi) is 4.32. The van der Waals surface area contributed by atoms with Crippen LogP contribution >= 0.6 is 0 Å². The van der Waals surface area contributed by atoms with Gasteiger partial charge in [0, 0.05) is 25.9 Å². The van der Waals surface area contributed by atoms with Crippen LogP contribution in [0.25, 0.3) is 0 Å². The maximum atomic E-state index is 12.7. The summed E-state index contributed by atoms with van der Waals surface area (Å²) in [5.41, 5.74) is 4.22. The van der Waals surface area contributed by atoms with Crippen LogP contribution in [-0.4, -0.2) is 31.6 Å². The monoisotopic (exact) mass is 338 g/mol. The van der Waals surface area contributed by atoms with Crippen molar-refractivity contribution in [2.75, 3.05) is 0 Å². The number of nitrogens with zero attached hydrogens (tertiary/aromatic N) is 4. The van der Waals surface area contributed by atoms with Gasteiger partial charge in [-0.05, 0) is 49.3 Å². The molecule has 1 atom stereocenters. The van der Waals surface area contributed by atoms with E-state index in [2.05, 4.69) is 37.9 Å². The summed E-state index contributed by atoms with van der Waals surface area (Å²) in [4.78, 5) is 14.8. The maximum Gasteiger partial charge on any atom is 0.222 e. The standard InChI is InChI=1S/C20H26N4O/c1-3-20(25)24(12-15-7-8-16-5-4-6-17(16)11-15)18-9-10-19-22-21-14(2)23(19)13-18/h7-8,11,18H,3-6,9-10,12-13H2,1-2H3. The second-order valence-electron chi connectivity index (χ2n) is 7.30. The Morgan fingerprint density at radius 3 is 2.92 bits per heavy atom. The fraction of sp³-hybridized carbons (Fsp3) is 0.550. The van der Waals surface area contributed by atoms with E-state index in [0.29, 0.717) is 13.0 Å². The van der Waals surface area contributed by atoms with Gasteiger partial charge in [-0.25, -0.2) is 0 Å². The number of benzene rings is 1. The van der Waals surface area contributed by atoms with Crippen LogP contribution in [0.1, 0.15) is 54.5 Å². The first-order valence-corrected chi connectivity index (χ1v) is 9.44. The van der Waals surface area contributed by atoms with E-state index >= 15 is 0 Å². The molecule has 1 unspecified atom stereocenters. The number of aromatic nitrogens is 3. The molecule has 5 nitrogen and oxygen atoms in total. The van der Waals surface area contributed by atoms with E-state index in [9.17, 15) is 4.79 Å². The first kappa shape index (κ1) is 16.3. The lowest BCUT2D eigenvalue weighted by Gasteiger charge is -2.35. The highest BCUT2D eigenvalue weighted by Crippen LogP contribution is 2.26. The van der Waals surface area contributed by atoms with E-state index in [0.717, 1.165) is 31.0 Å². The summed E-state index contributed by atoms with van der Waals surface area (Å²) in [6, 6.07) is 7.01. The van der Waals surface area contributed by atoms with Gasteiger partial charge in [-0.3, -0.25) is 4.79 Å². The zero-order chi connectivity index (χ0) is 17.4. The van der Waals surface area contributed by atoms with E-state index in [-0.39, 0.29) is 11.9 Å². The molecule has 1 amide bonds. The number of carbonyl (C=O) groups excluding carboxylic acids is 1. The Morgan fingerprint density at radius 1 is 1.24 bits per heavy atom. The van der Waals surface area contributed by atoms with Gasteiger partial charge in [-0.15, -0.1) is 10.2 Å². The van der Waals surface area contributed by atoms with Gasteiger partial charge in [0.2, 0.25) is 5.91 Å². The molecular weight excluding hydrogens is 312 g/mol. The van der Waals surface area contributed by atoms with E-state index in [1.54, 1.807) is 0 Å². The van der Waals surface area contributed by atoms with Crippen LogP contribution < -0.4 is 0 Å². The van der Waals surface area contributed by atoms with Crippen LogP contribution in [-0.2, 0) is 37.1 Å². The fourth-order valence-electron chi connectivity index (χ4n) is 4.24. The van der Waals surface area contributed by atoms with Crippen molar-refractivity contribution < 1.29 is 4.79 Å². The number of hydrogen-bond acceptors (Lipinski definition) is 3. The van der Waals surface area contributed by atoms with Crippen molar-refractivity contribution in [2.24, 2.45) is 0 Å². The highest BCUT2D eigenvalue weighted by Gasteiger charge is 2.29. The van der Waals surface area contributed by atoms with Gasteiger partial charge in [-0.2, -0.15) is 0 Å². The maximum absolute atomic E-state index is 12.7. The van der Waals surface area contributed by atoms with Crippen LogP contribution in [0.4, 0.5) is 0 Å². The average molecular weight is 338 g/mol. The number of amides is 1.